The smallest absolute Gasteiger partial charge is 0.0795 e. The van der Waals surface area contributed by atoms with Gasteiger partial charge in [0.25, 0.3) is 0 Å². The molecule has 0 aromatic heterocycles. The first-order valence-corrected chi connectivity index (χ1v) is 5.90. The summed E-state index contributed by atoms with van der Waals surface area (Å²) in [5.74, 6) is 1.77. The van der Waals surface area contributed by atoms with E-state index in [1.165, 1.54) is 0 Å². The van der Waals surface area contributed by atoms with Gasteiger partial charge in [-0.3, -0.25) is 0 Å². The fourth-order valence-electron chi connectivity index (χ4n) is 0.972. The third-order valence-corrected chi connectivity index (χ3v) is 2.92. The third kappa shape index (κ3) is 8.56. The molecule has 14 heavy (non-hydrogen) atoms. The van der Waals surface area contributed by atoms with Crippen molar-refractivity contribution in [3.8, 4) is 0 Å². The average molecular weight is 220 g/mol. The first-order chi connectivity index (χ1) is 6.56. The van der Waals surface area contributed by atoms with E-state index < -0.39 is 12.2 Å². The molecule has 0 saturated carbocycles. The van der Waals surface area contributed by atoms with Gasteiger partial charge in [-0.05, 0) is 19.1 Å². The van der Waals surface area contributed by atoms with Crippen LogP contribution in [0.4, 0.5) is 0 Å². The summed E-state index contributed by atoms with van der Waals surface area (Å²) in [5, 5.41) is 27.0. The van der Waals surface area contributed by atoms with Crippen molar-refractivity contribution in [2.45, 2.75) is 32.0 Å². The van der Waals surface area contributed by atoms with Crippen molar-refractivity contribution >= 4 is 11.8 Å². The average Bonchev–Trinajstić information content (AvgIpc) is 2.12. The summed E-state index contributed by atoms with van der Waals surface area (Å²) in [6.45, 7) is 5.47. The maximum absolute atomic E-state index is 9.41. The Hall–Kier alpha value is -0.0300. The van der Waals surface area contributed by atoms with Gasteiger partial charge < -0.3 is 15.3 Å². The van der Waals surface area contributed by atoms with Gasteiger partial charge in [0, 0.05) is 12.2 Å². The monoisotopic (exact) mass is 220 g/mol. The fourth-order valence-corrected chi connectivity index (χ4v) is 1.90. The normalized spacial score (nSPS) is 15.1. The minimum atomic E-state index is -0.795. The van der Waals surface area contributed by atoms with Crippen LogP contribution in [0.5, 0.6) is 0 Å². The number of hydrogen-bond acceptors (Lipinski definition) is 4. The summed E-state index contributed by atoms with van der Waals surface area (Å²) in [5.41, 5.74) is 1.12. The van der Waals surface area contributed by atoms with Crippen LogP contribution < -0.4 is 0 Å². The molecule has 0 aliphatic carbocycles. The summed E-state index contributed by atoms with van der Waals surface area (Å²) in [4.78, 5) is 0. The molecule has 0 bridgehead atoms. The minimum Gasteiger partial charge on any atom is -0.394 e. The Morgan fingerprint density at radius 1 is 1.36 bits per heavy atom. The molecular weight excluding hydrogens is 200 g/mol. The number of rotatable bonds is 8. The lowest BCUT2D eigenvalue weighted by Gasteiger charge is -2.13. The maximum Gasteiger partial charge on any atom is 0.0795 e. The summed E-state index contributed by atoms with van der Waals surface area (Å²) in [7, 11) is 0. The Labute approximate surface area is 89.8 Å². The van der Waals surface area contributed by atoms with Crippen LogP contribution in [-0.2, 0) is 0 Å². The van der Waals surface area contributed by atoms with Crippen LogP contribution in [0.15, 0.2) is 12.2 Å². The minimum absolute atomic E-state index is 0.254. The zero-order chi connectivity index (χ0) is 11.0. The van der Waals surface area contributed by atoms with Crippen LogP contribution in [-0.4, -0.2) is 45.6 Å². The predicted molar refractivity (Wildman–Crippen MR) is 60.5 cm³/mol. The summed E-state index contributed by atoms with van der Waals surface area (Å²) < 4.78 is 0. The van der Waals surface area contributed by atoms with Gasteiger partial charge in [-0.2, -0.15) is 11.8 Å². The van der Waals surface area contributed by atoms with E-state index in [2.05, 4.69) is 6.58 Å². The first kappa shape index (κ1) is 14.0. The van der Waals surface area contributed by atoms with Gasteiger partial charge in [-0.15, -0.1) is 0 Å². The van der Waals surface area contributed by atoms with Crippen LogP contribution in [0, 0.1) is 0 Å². The highest BCUT2D eigenvalue weighted by Gasteiger charge is 2.10. The molecule has 84 valence electrons. The second-order valence-electron chi connectivity index (χ2n) is 3.52. The number of aliphatic hydroxyl groups excluding tert-OH is 3. The molecule has 0 saturated heterocycles. The summed E-state index contributed by atoms with van der Waals surface area (Å²) in [6.07, 6.45) is -0.412. The van der Waals surface area contributed by atoms with E-state index in [0.717, 1.165) is 17.1 Å². The Balaban J connectivity index is 3.35. The van der Waals surface area contributed by atoms with Gasteiger partial charge in [0.1, 0.15) is 0 Å². The quantitative estimate of drug-likeness (QED) is 0.418. The maximum atomic E-state index is 9.41. The van der Waals surface area contributed by atoms with Crippen molar-refractivity contribution in [3.05, 3.63) is 12.2 Å². The molecule has 2 unspecified atom stereocenters. The Morgan fingerprint density at radius 2 is 2.00 bits per heavy atom. The molecule has 2 atom stereocenters. The van der Waals surface area contributed by atoms with E-state index in [-0.39, 0.29) is 13.0 Å². The van der Waals surface area contributed by atoms with Crippen molar-refractivity contribution in [3.63, 3.8) is 0 Å². The molecule has 0 rings (SSSR count). The second-order valence-corrected chi connectivity index (χ2v) is 4.63. The van der Waals surface area contributed by atoms with Crippen molar-refractivity contribution in [2.75, 3.05) is 18.1 Å². The Morgan fingerprint density at radius 3 is 2.50 bits per heavy atom. The van der Waals surface area contributed by atoms with E-state index in [9.17, 15) is 5.11 Å². The zero-order valence-electron chi connectivity index (χ0n) is 8.65. The van der Waals surface area contributed by atoms with Crippen LogP contribution in [0.2, 0.25) is 0 Å². The third-order valence-electron chi connectivity index (χ3n) is 1.70. The first-order valence-electron chi connectivity index (χ1n) is 4.75. The number of hydrogen-bond donors (Lipinski definition) is 3. The highest BCUT2D eigenvalue weighted by atomic mass is 32.2. The predicted octanol–water partition coefficient (Wildman–Crippen LogP) is 0.790. The molecule has 0 fully saturated rings. The molecule has 4 heteroatoms. The number of aliphatic hydroxyl groups is 3. The van der Waals surface area contributed by atoms with Crippen molar-refractivity contribution in [1.82, 2.24) is 0 Å². The van der Waals surface area contributed by atoms with Crippen molar-refractivity contribution < 1.29 is 15.3 Å². The lowest BCUT2D eigenvalue weighted by molar-refractivity contribution is 0.0410. The van der Waals surface area contributed by atoms with Gasteiger partial charge in [0.15, 0.2) is 0 Å². The highest BCUT2D eigenvalue weighted by molar-refractivity contribution is 7.99. The number of thioether (sulfide) groups is 1. The molecule has 0 amide bonds. The molecule has 0 aromatic carbocycles. The van der Waals surface area contributed by atoms with Gasteiger partial charge in [-0.25, -0.2) is 0 Å². The molecule has 0 aliphatic rings. The lowest BCUT2D eigenvalue weighted by atomic mass is 10.1. The molecular formula is C10H20O3S. The van der Waals surface area contributed by atoms with Crippen LogP contribution in [0.25, 0.3) is 0 Å². The molecule has 0 aromatic rings. The molecule has 0 radical (unpaired) electrons. The van der Waals surface area contributed by atoms with Crippen molar-refractivity contribution in [2.24, 2.45) is 0 Å². The molecule has 0 spiro atoms. The Kier molecular flexibility index (Phi) is 8.27. The van der Waals surface area contributed by atoms with Crippen molar-refractivity contribution in [1.29, 1.82) is 0 Å². The summed E-state index contributed by atoms with van der Waals surface area (Å²) >= 11 is 1.72. The SMILES string of the molecule is C=C(C)CSCCC(O)CC(O)CO. The largest absolute Gasteiger partial charge is 0.394 e. The topological polar surface area (TPSA) is 60.7 Å². The van der Waals surface area contributed by atoms with E-state index in [1.807, 2.05) is 6.92 Å². The fraction of sp³-hybridized carbons (Fsp3) is 0.800. The van der Waals surface area contributed by atoms with E-state index in [0.29, 0.717) is 6.42 Å². The van der Waals surface area contributed by atoms with Crippen LogP contribution >= 0.6 is 11.8 Å². The lowest BCUT2D eigenvalue weighted by Crippen LogP contribution is -2.21. The zero-order valence-corrected chi connectivity index (χ0v) is 9.46. The van der Waals surface area contributed by atoms with E-state index >= 15 is 0 Å². The second kappa shape index (κ2) is 8.29. The Bertz CT molecular complexity index is 161. The molecule has 3 nitrogen and oxygen atoms in total. The molecule has 0 aliphatic heterocycles. The van der Waals surface area contributed by atoms with E-state index in [4.69, 9.17) is 10.2 Å². The van der Waals surface area contributed by atoms with Gasteiger partial charge >= 0.3 is 0 Å². The van der Waals surface area contributed by atoms with Gasteiger partial charge in [0.2, 0.25) is 0 Å². The standard InChI is InChI=1S/C10H20O3S/c1-8(2)7-14-4-3-9(12)5-10(13)6-11/h9-13H,1,3-7H2,2H3. The molecule has 3 N–H and O–H groups in total. The molecule has 0 heterocycles. The highest BCUT2D eigenvalue weighted by Crippen LogP contribution is 2.11. The van der Waals surface area contributed by atoms with Gasteiger partial charge in [0.05, 0.1) is 18.8 Å². The summed E-state index contributed by atoms with van der Waals surface area (Å²) in [6, 6.07) is 0. The van der Waals surface area contributed by atoms with Crippen LogP contribution in [0.3, 0.4) is 0 Å². The van der Waals surface area contributed by atoms with Crippen LogP contribution in [0.1, 0.15) is 19.8 Å². The van der Waals surface area contributed by atoms with Gasteiger partial charge in [-0.1, -0.05) is 12.2 Å². The van der Waals surface area contributed by atoms with E-state index in [1.54, 1.807) is 11.8 Å².